The van der Waals surface area contributed by atoms with Crippen molar-refractivity contribution in [1.82, 2.24) is 19.7 Å². The molecule has 1 saturated heterocycles. The lowest BCUT2D eigenvalue weighted by molar-refractivity contribution is 0.0660. The predicted octanol–water partition coefficient (Wildman–Crippen LogP) is 4.29. The summed E-state index contributed by atoms with van der Waals surface area (Å²) in [5, 5.41) is 0.977. The second-order valence-corrected chi connectivity index (χ2v) is 9.31. The van der Waals surface area contributed by atoms with Gasteiger partial charge in [0.05, 0.1) is 11.1 Å². The molecule has 1 fully saturated rings. The first-order valence-corrected chi connectivity index (χ1v) is 11.7. The molecule has 5 nitrogen and oxygen atoms in total. The molecule has 0 N–H and O–H groups in total. The highest BCUT2D eigenvalue weighted by Gasteiger charge is 2.26. The summed E-state index contributed by atoms with van der Waals surface area (Å²) in [6, 6.07) is 16.8. The number of benzene rings is 2. The molecule has 0 radical (unpaired) electrons. The predicted molar refractivity (Wildman–Crippen MR) is 131 cm³/mol. The zero-order chi connectivity index (χ0) is 23.2. The lowest BCUT2D eigenvalue weighted by atomic mass is 9.96. The number of hydrogen-bond acceptors (Lipinski definition) is 4. The van der Waals surface area contributed by atoms with E-state index in [1.807, 2.05) is 61.5 Å². The fourth-order valence-electron chi connectivity index (χ4n) is 4.59. The van der Waals surface area contributed by atoms with E-state index >= 15 is 0 Å². The van der Waals surface area contributed by atoms with Crippen LogP contribution >= 0.6 is 0 Å². The van der Waals surface area contributed by atoms with Gasteiger partial charge in [-0.2, -0.15) is 0 Å². The topological polar surface area (TPSA) is 39.7 Å². The van der Waals surface area contributed by atoms with E-state index in [0.29, 0.717) is 31.1 Å². The van der Waals surface area contributed by atoms with Crippen LogP contribution in [0.25, 0.3) is 10.9 Å². The lowest BCUT2D eigenvalue weighted by Crippen LogP contribution is -2.44. The van der Waals surface area contributed by atoms with Crippen molar-refractivity contribution in [3.63, 3.8) is 0 Å². The zero-order valence-electron chi connectivity index (χ0n) is 19.6. The maximum absolute atomic E-state index is 14.1. The smallest absolute Gasteiger partial charge is 0.255 e. The summed E-state index contributed by atoms with van der Waals surface area (Å²) in [4.78, 5) is 24.4. The highest BCUT2D eigenvalue weighted by Crippen LogP contribution is 2.22. The van der Waals surface area contributed by atoms with Crippen molar-refractivity contribution in [3.05, 3.63) is 77.7 Å². The number of nitrogens with zero attached hydrogens (tertiary/aromatic N) is 4. The van der Waals surface area contributed by atoms with E-state index in [0.717, 1.165) is 48.9 Å². The molecule has 1 amide bonds. The number of piperidine rings is 1. The Morgan fingerprint density at radius 1 is 1.12 bits per heavy atom. The maximum atomic E-state index is 14.1. The Kier molecular flexibility index (Phi) is 7.68. The van der Waals surface area contributed by atoms with E-state index in [-0.39, 0.29) is 11.7 Å². The van der Waals surface area contributed by atoms with Crippen molar-refractivity contribution in [2.45, 2.75) is 19.4 Å². The van der Waals surface area contributed by atoms with E-state index in [9.17, 15) is 9.18 Å². The first-order valence-electron chi connectivity index (χ1n) is 11.7. The lowest BCUT2D eigenvalue weighted by Gasteiger charge is -2.36. The molecule has 0 saturated carbocycles. The van der Waals surface area contributed by atoms with Gasteiger partial charge in [0.25, 0.3) is 5.91 Å². The third kappa shape index (κ3) is 6.15. The third-order valence-electron chi connectivity index (χ3n) is 6.38. The van der Waals surface area contributed by atoms with Crippen LogP contribution in [0.4, 0.5) is 4.39 Å². The molecule has 0 bridgehead atoms. The summed E-state index contributed by atoms with van der Waals surface area (Å²) in [5.41, 5.74) is 2.26. The van der Waals surface area contributed by atoms with E-state index in [2.05, 4.69) is 14.8 Å². The van der Waals surface area contributed by atoms with Gasteiger partial charge in [0.1, 0.15) is 5.82 Å². The van der Waals surface area contributed by atoms with Crippen molar-refractivity contribution in [2.24, 2.45) is 5.92 Å². The third-order valence-corrected chi connectivity index (χ3v) is 6.38. The normalized spacial score (nSPS) is 16.9. The Hall–Kier alpha value is -2.83. The van der Waals surface area contributed by atoms with Crippen molar-refractivity contribution in [2.75, 3.05) is 46.8 Å². The van der Waals surface area contributed by atoms with Gasteiger partial charge in [0.15, 0.2) is 0 Å². The van der Waals surface area contributed by atoms with Crippen LogP contribution in [0.1, 0.15) is 28.8 Å². The zero-order valence-corrected chi connectivity index (χ0v) is 19.6. The molecule has 174 valence electrons. The van der Waals surface area contributed by atoms with Gasteiger partial charge in [-0.25, -0.2) is 4.39 Å². The Morgan fingerprint density at radius 2 is 1.91 bits per heavy atom. The molecule has 1 aromatic heterocycles. The quantitative estimate of drug-likeness (QED) is 0.515. The molecule has 2 aromatic carbocycles. The van der Waals surface area contributed by atoms with Gasteiger partial charge < -0.3 is 9.80 Å². The summed E-state index contributed by atoms with van der Waals surface area (Å²) in [6.45, 7) is 4.62. The molecule has 2 heterocycles. The van der Waals surface area contributed by atoms with Crippen LogP contribution in [0.2, 0.25) is 0 Å². The van der Waals surface area contributed by atoms with Crippen LogP contribution in [0.5, 0.6) is 0 Å². The largest absolute Gasteiger partial charge is 0.337 e. The van der Waals surface area contributed by atoms with Gasteiger partial charge in [-0.1, -0.05) is 36.4 Å². The Labute approximate surface area is 195 Å². The molecule has 0 spiro atoms. The number of carbonyl (C=O) groups is 1. The molecule has 33 heavy (non-hydrogen) atoms. The average Bonchev–Trinajstić information content (AvgIpc) is 2.82. The fraction of sp³-hybridized carbons (Fsp3) is 0.407. The minimum atomic E-state index is -0.147. The summed E-state index contributed by atoms with van der Waals surface area (Å²) >= 11 is 0. The van der Waals surface area contributed by atoms with Crippen LogP contribution in [0, 0.1) is 11.7 Å². The molecule has 1 unspecified atom stereocenters. The summed E-state index contributed by atoms with van der Waals surface area (Å²) in [7, 11) is 4.05. The Bertz CT molecular complexity index is 1090. The van der Waals surface area contributed by atoms with Gasteiger partial charge >= 0.3 is 0 Å². The number of para-hydroxylation sites is 1. The second kappa shape index (κ2) is 10.9. The maximum Gasteiger partial charge on any atom is 0.255 e. The number of pyridine rings is 1. The summed E-state index contributed by atoms with van der Waals surface area (Å²) in [6.07, 6.45) is 3.83. The Morgan fingerprint density at radius 3 is 2.73 bits per heavy atom. The van der Waals surface area contributed by atoms with Crippen LogP contribution in [0.15, 0.2) is 60.8 Å². The van der Waals surface area contributed by atoms with Crippen LogP contribution in [-0.2, 0) is 6.54 Å². The van der Waals surface area contributed by atoms with Crippen LogP contribution < -0.4 is 0 Å². The fourth-order valence-corrected chi connectivity index (χ4v) is 4.59. The van der Waals surface area contributed by atoms with Gasteiger partial charge in [-0.3, -0.25) is 14.7 Å². The van der Waals surface area contributed by atoms with Gasteiger partial charge in [0, 0.05) is 49.9 Å². The first-order chi connectivity index (χ1) is 16.0. The van der Waals surface area contributed by atoms with E-state index in [4.69, 9.17) is 0 Å². The van der Waals surface area contributed by atoms with Crippen molar-refractivity contribution < 1.29 is 9.18 Å². The number of hydrogen-bond donors (Lipinski definition) is 0. The number of rotatable bonds is 8. The van der Waals surface area contributed by atoms with Gasteiger partial charge in [0.2, 0.25) is 0 Å². The number of carbonyl (C=O) groups excluding carboxylic acids is 1. The minimum Gasteiger partial charge on any atom is -0.337 e. The van der Waals surface area contributed by atoms with E-state index < -0.39 is 0 Å². The molecule has 1 aliphatic rings. The summed E-state index contributed by atoms with van der Waals surface area (Å²) in [5.74, 6) is 0.248. The molecular weight excluding hydrogens is 415 g/mol. The molecular formula is C27H33FN4O. The van der Waals surface area contributed by atoms with Gasteiger partial charge in [-0.15, -0.1) is 0 Å². The minimum absolute atomic E-state index is 0.0290. The monoisotopic (exact) mass is 448 g/mol. The first kappa shape index (κ1) is 23.3. The number of likely N-dealkylation sites (N-methyl/N-ethyl adjacent to an activating group) is 1. The van der Waals surface area contributed by atoms with Gasteiger partial charge in [-0.05, 0) is 57.6 Å². The second-order valence-electron chi connectivity index (χ2n) is 9.31. The number of likely N-dealkylation sites (tertiary alicyclic amines) is 1. The SMILES string of the molecule is CN(C)CCN(CC1CCCN(Cc2ccccc2F)C1)C(=O)c1cnc2ccccc2c1. The molecule has 1 atom stereocenters. The number of aromatic nitrogens is 1. The van der Waals surface area contributed by atoms with Crippen molar-refractivity contribution >= 4 is 16.8 Å². The highest BCUT2D eigenvalue weighted by atomic mass is 19.1. The van der Waals surface area contributed by atoms with Crippen LogP contribution in [0.3, 0.4) is 0 Å². The van der Waals surface area contributed by atoms with E-state index in [1.54, 1.807) is 12.3 Å². The molecule has 1 aliphatic heterocycles. The molecule has 3 aromatic rings. The number of amides is 1. The Balaban J connectivity index is 1.46. The van der Waals surface area contributed by atoms with Crippen LogP contribution in [-0.4, -0.2) is 72.4 Å². The number of fused-ring (bicyclic) bond motifs is 1. The molecule has 0 aliphatic carbocycles. The summed E-state index contributed by atoms with van der Waals surface area (Å²) < 4.78 is 14.1. The molecule has 6 heteroatoms. The molecule has 4 rings (SSSR count). The van der Waals surface area contributed by atoms with Crippen molar-refractivity contribution in [1.29, 1.82) is 0 Å². The number of halogens is 1. The standard InChI is InChI=1S/C27H33FN4O/c1-30(2)14-15-32(27(33)24-16-22-9-4-6-12-26(22)29-17-24)19-21-8-7-13-31(18-21)20-23-10-3-5-11-25(23)28/h3-6,9-12,16-17,21H,7-8,13-15,18-20H2,1-2H3. The van der Waals surface area contributed by atoms with E-state index in [1.165, 1.54) is 6.07 Å². The highest BCUT2D eigenvalue weighted by molar-refractivity contribution is 5.97. The average molecular weight is 449 g/mol. The van der Waals surface area contributed by atoms with Crippen molar-refractivity contribution in [3.8, 4) is 0 Å².